The largest absolute Gasteiger partial charge is 0.497 e. The molecule has 2 aromatic carbocycles. The number of halogens is 1. The van der Waals surface area contributed by atoms with E-state index in [-0.39, 0.29) is 6.61 Å². The Balaban J connectivity index is 2.10. The molecule has 0 amide bonds. The van der Waals surface area contributed by atoms with Gasteiger partial charge in [0, 0.05) is 10.7 Å². The first-order valence-electron chi connectivity index (χ1n) is 6.82. The van der Waals surface area contributed by atoms with Crippen LogP contribution in [0.3, 0.4) is 0 Å². The molecule has 0 aliphatic heterocycles. The summed E-state index contributed by atoms with van der Waals surface area (Å²) in [5, 5.41) is 13.8. The Morgan fingerprint density at radius 2 is 1.71 bits per heavy atom. The Morgan fingerprint density at radius 3 is 2.24 bits per heavy atom. The average molecular weight is 306 g/mol. The second-order valence-electron chi connectivity index (χ2n) is 5.38. The second-order valence-corrected chi connectivity index (χ2v) is 5.81. The van der Waals surface area contributed by atoms with E-state index in [1.165, 1.54) is 0 Å². The maximum atomic E-state index is 9.75. The van der Waals surface area contributed by atoms with Gasteiger partial charge in [0.2, 0.25) is 0 Å². The summed E-state index contributed by atoms with van der Waals surface area (Å²) in [4.78, 5) is 0. The summed E-state index contributed by atoms with van der Waals surface area (Å²) in [6, 6.07) is 15.3. The Labute approximate surface area is 130 Å². The van der Waals surface area contributed by atoms with Gasteiger partial charge < -0.3 is 15.2 Å². The topological polar surface area (TPSA) is 41.5 Å². The van der Waals surface area contributed by atoms with Crippen molar-refractivity contribution < 1.29 is 9.84 Å². The van der Waals surface area contributed by atoms with Gasteiger partial charge in [-0.15, -0.1) is 0 Å². The molecule has 0 aromatic heterocycles. The zero-order chi connectivity index (χ0) is 15.3. The van der Waals surface area contributed by atoms with Crippen molar-refractivity contribution in [2.75, 3.05) is 19.0 Å². The van der Waals surface area contributed by atoms with Crippen LogP contribution in [-0.4, -0.2) is 24.4 Å². The van der Waals surface area contributed by atoms with Gasteiger partial charge in [-0.05, 0) is 55.3 Å². The van der Waals surface area contributed by atoms with Crippen LogP contribution in [0.4, 0.5) is 5.69 Å². The molecule has 0 saturated carbocycles. The van der Waals surface area contributed by atoms with Crippen LogP contribution in [0.25, 0.3) is 0 Å². The molecule has 21 heavy (non-hydrogen) atoms. The first-order valence-corrected chi connectivity index (χ1v) is 7.20. The van der Waals surface area contributed by atoms with Gasteiger partial charge in [0.15, 0.2) is 0 Å². The van der Waals surface area contributed by atoms with Gasteiger partial charge in [0.25, 0.3) is 0 Å². The molecular formula is C17H20ClNO2. The molecule has 0 radical (unpaired) electrons. The number of ether oxygens (including phenoxy) is 1. The van der Waals surface area contributed by atoms with Crippen molar-refractivity contribution in [1.82, 2.24) is 0 Å². The minimum absolute atomic E-state index is 0.0294. The molecule has 2 aromatic rings. The highest BCUT2D eigenvalue weighted by Gasteiger charge is 2.23. The van der Waals surface area contributed by atoms with Crippen LogP contribution in [0.15, 0.2) is 48.5 Å². The maximum absolute atomic E-state index is 9.75. The third-order valence-electron chi connectivity index (χ3n) is 3.39. The quantitative estimate of drug-likeness (QED) is 0.854. The van der Waals surface area contributed by atoms with Gasteiger partial charge in [-0.1, -0.05) is 23.7 Å². The van der Waals surface area contributed by atoms with Crippen LogP contribution in [0.5, 0.6) is 5.75 Å². The van der Waals surface area contributed by atoms with E-state index < -0.39 is 5.54 Å². The fourth-order valence-corrected chi connectivity index (χ4v) is 2.34. The molecule has 1 atom stereocenters. The van der Waals surface area contributed by atoms with E-state index in [0.29, 0.717) is 11.4 Å². The predicted octanol–water partition coefficient (Wildman–Crippen LogP) is 3.75. The Kier molecular flexibility index (Phi) is 5.10. The molecule has 4 heteroatoms. The number of benzene rings is 2. The van der Waals surface area contributed by atoms with Crippen LogP contribution >= 0.6 is 11.6 Å². The highest BCUT2D eigenvalue weighted by Crippen LogP contribution is 2.22. The lowest BCUT2D eigenvalue weighted by molar-refractivity contribution is 0.222. The molecule has 0 saturated heterocycles. The highest BCUT2D eigenvalue weighted by molar-refractivity contribution is 6.30. The van der Waals surface area contributed by atoms with E-state index in [2.05, 4.69) is 5.32 Å². The number of methoxy groups -OCH3 is 1. The number of aliphatic hydroxyl groups excluding tert-OH is 1. The Morgan fingerprint density at radius 1 is 1.10 bits per heavy atom. The van der Waals surface area contributed by atoms with Gasteiger partial charge in [-0.2, -0.15) is 0 Å². The van der Waals surface area contributed by atoms with Crippen molar-refractivity contribution in [2.24, 2.45) is 0 Å². The van der Waals surface area contributed by atoms with Crippen molar-refractivity contribution >= 4 is 17.3 Å². The van der Waals surface area contributed by atoms with E-state index in [4.69, 9.17) is 16.3 Å². The second kappa shape index (κ2) is 6.83. The normalized spacial score (nSPS) is 13.5. The first-order chi connectivity index (χ1) is 10.0. The summed E-state index contributed by atoms with van der Waals surface area (Å²) < 4.78 is 5.14. The van der Waals surface area contributed by atoms with Gasteiger partial charge in [-0.25, -0.2) is 0 Å². The van der Waals surface area contributed by atoms with Crippen molar-refractivity contribution in [1.29, 1.82) is 0 Å². The van der Waals surface area contributed by atoms with Crippen molar-refractivity contribution in [3.63, 3.8) is 0 Å². The molecule has 0 aliphatic carbocycles. The van der Waals surface area contributed by atoms with Crippen molar-refractivity contribution in [3.05, 3.63) is 59.1 Å². The Hall–Kier alpha value is -1.71. The van der Waals surface area contributed by atoms with E-state index in [1.807, 2.05) is 55.5 Å². The van der Waals surface area contributed by atoms with Crippen LogP contribution < -0.4 is 10.1 Å². The summed E-state index contributed by atoms with van der Waals surface area (Å²) in [6.07, 6.45) is 0.701. The smallest absolute Gasteiger partial charge is 0.119 e. The summed E-state index contributed by atoms with van der Waals surface area (Å²) in [5.41, 5.74) is 1.63. The van der Waals surface area contributed by atoms with E-state index in [0.717, 1.165) is 17.0 Å². The third-order valence-corrected chi connectivity index (χ3v) is 3.64. The zero-order valence-electron chi connectivity index (χ0n) is 12.3. The fraction of sp³-hybridized carbons (Fsp3) is 0.294. The number of nitrogens with one attached hydrogen (secondary N) is 1. The molecule has 1 unspecified atom stereocenters. The monoisotopic (exact) mass is 305 g/mol. The van der Waals surface area contributed by atoms with E-state index in [1.54, 1.807) is 7.11 Å². The lowest BCUT2D eigenvalue weighted by atomic mass is 9.93. The van der Waals surface area contributed by atoms with Crippen LogP contribution in [0.1, 0.15) is 12.5 Å². The van der Waals surface area contributed by atoms with Gasteiger partial charge in [0.1, 0.15) is 5.75 Å². The lowest BCUT2D eigenvalue weighted by Crippen LogP contribution is -2.41. The number of hydrogen-bond acceptors (Lipinski definition) is 3. The molecule has 0 heterocycles. The number of rotatable bonds is 6. The summed E-state index contributed by atoms with van der Waals surface area (Å²) in [6.45, 7) is 2.02. The zero-order valence-corrected chi connectivity index (χ0v) is 13.0. The molecule has 0 fully saturated rings. The lowest BCUT2D eigenvalue weighted by Gasteiger charge is -2.30. The van der Waals surface area contributed by atoms with Crippen LogP contribution in [-0.2, 0) is 6.42 Å². The molecule has 2 N–H and O–H groups in total. The minimum Gasteiger partial charge on any atom is -0.497 e. The van der Waals surface area contributed by atoms with Crippen molar-refractivity contribution in [2.45, 2.75) is 18.9 Å². The van der Waals surface area contributed by atoms with E-state index in [9.17, 15) is 5.11 Å². The molecule has 2 rings (SSSR count). The molecule has 3 nitrogen and oxygen atoms in total. The average Bonchev–Trinajstić information content (AvgIpc) is 2.50. The van der Waals surface area contributed by atoms with Crippen LogP contribution in [0.2, 0.25) is 5.02 Å². The molecule has 112 valence electrons. The SMILES string of the molecule is COc1ccc(NC(C)(CO)Cc2ccc(Cl)cc2)cc1. The number of aliphatic hydroxyl groups is 1. The molecular weight excluding hydrogens is 286 g/mol. The van der Waals surface area contributed by atoms with Gasteiger partial charge in [0.05, 0.1) is 19.3 Å². The number of anilines is 1. The first kappa shape index (κ1) is 15.7. The standard InChI is InChI=1S/C17H20ClNO2/c1-17(12-20,11-13-3-5-14(18)6-4-13)19-15-7-9-16(21-2)10-8-15/h3-10,19-20H,11-12H2,1-2H3. The molecule has 0 spiro atoms. The predicted molar refractivity (Wildman–Crippen MR) is 87.3 cm³/mol. The summed E-state index contributed by atoms with van der Waals surface area (Å²) >= 11 is 5.90. The summed E-state index contributed by atoms with van der Waals surface area (Å²) in [5.74, 6) is 0.809. The number of hydrogen-bond donors (Lipinski definition) is 2. The van der Waals surface area contributed by atoms with Gasteiger partial charge in [-0.3, -0.25) is 0 Å². The van der Waals surface area contributed by atoms with Crippen LogP contribution in [0, 0.1) is 0 Å². The fourth-order valence-electron chi connectivity index (χ4n) is 2.22. The third kappa shape index (κ3) is 4.38. The Bertz CT molecular complexity index is 568. The molecule has 0 bridgehead atoms. The van der Waals surface area contributed by atoms with Gasteiger partial charge >= 0.3 is 0 Å². The minimum atomic E-state index is -0.442. The van der Waals surface area contributed by atoms with Crippen molar-refractivity contribution in [3.8, 4) is 5.75 Å². The maximum Gasteiger partial charge on any atom is 0.119 e. The molecule has 0 aliphatic rings. The summed E-state index contributed by atoms with van der Waals surface area (Å²) in [7, 11) is 1.64. The van der Waals surface area contributed by atoms with E-state index >= 15 is 0 Å². The highest BCUT2D eigenvalue weighted by atomic mass is 35.5.